The number of sulfonamides is 1. The standard InChI is InChI=1S/C22H24F3N3O5S/c1-16-7-4-5-12-27(16)34(32,33)19-10-6-9-17(13-19)21(29)26(15-22(23,24)25)14-18-8-2-3-11-20(18)28(30)31/h2-3,6,8-11,13,16H,4-5,7,12,14-15H2,1H3. The summed E-state index contributed by atoms with van der Waals surface area (Å²) < 4.78 is 67.4. The molecule has 1 atom stereocenters. The van der Waals surface area contributed by atoms with Crippen LogP contribution in [0, 0.1) is 10.1 Å². The smallest absolute Gasteiger partial charge is 0.325 e. The lowest BCUT2D eigenvalue weighted by Crippen LogP contribution is -2.42. The first-order valence-electron chi connectivity index (χ1n) is 10.6. The van der Waals surface area contributed by atoms with E-state index < -0.39 is 45.8 Å². The summed E-state index contributed by atoms with van der Waals surface area (Å²) in [6.45, 7) is -0.225. The van der Waals surface area contributed by atoms with Gasteiger partial charge >= 0.3 is 6.18 Å². The van der Waals surface area contributed by atoms with Gasteiger partial charge in [0.15, 0.2) is 0 Å². The first-order chi connectivity index (χ1) is 15.9. The maximum Gasteiger partial charge on any atom is 0.406 e. The van der Waals surface area contributed by atoms with Crippen molar-refractivity contribution in [2.24, 2.45) is 0 Å². The molecule has 1 aliphatic heterocycles. The molecule has 8 nitrogen and oxygen atoms in total. The van der Waals surface area contributed by atoms with Crippen LogP contribution in [-0.2, 0) is 16.6 Å². The van der Waals surface area contributed by atoms with Gasteiger partial charge in [-0.15, -0.1) is 0 Å². The maximum atomic E-state index is 13.3. The van der Waals surface area contributed by atoms with Crippen molar-refractivity contribution >= 4 is 21.6 Å². The van der Waals surface area contributed by atoms with Gasteiger partial charge in [-0.1, -0.05) is 30.7 Å². The SMILES string of the molecule is CC1CCCCN1S(=O)(=O)c1cccc(C(=O)N(Cc2ccccc2[N+](=O)[O-])CC(F)(F)F)c1. The Morgan fingerprint density at radius 2 is 1.88 bits per heavy atom. The van der Waals surface area contributed by atoms with Crippen LogP contribution in [0.4, 0.5) is 18.9 Å². The van der Waals surface area contributed by atoms with Crippen molar-refractivity contribution in [3.05, 3.63) is 69.8 Å². The Labute approximate surface area is 195 Å². The minimum atomic E-state index is -4.77. The van der Waals surface area contributed by atoms with Crippen LogP contribution in [0.1, 0.15) is 42.1 Å². The molecule has 1 heterocycles. The van der Waals surface area contributed by atoms with E-state index in [1.54, 1.807) is 6.92 Å². The number of carbonyl (C=O) groups excluding carboxylic acids is 1. The van der Waals surface area contributed by atoms with Gasteiger partial charge in [0, 0.05) is 29.8 Å². The molecule has 1 amide bonds. The summed E-state index contributed by atoms with van der Waals surface area (Å²) in [5, 5.41) is 11.3. The molecule has 0 spiro atoms. The van der Waals surface area contributed by atoms with Gasteiger partial charge < -0.3 is 4.90 Å². The predicted octanol–water partition coefficient (Wildman–Crippen LogP) is 4.36. The van der Waals surface area contributed by atoms with Crippen molar-refractivity contribution in [3.8, 4) is 0 Å². The Bertz CT molecular complexity index is 1170. The van der Waals surface area contributed by atoms with Crippen LogP contribution in [0.2, 0.25) is 0 Å². The third-order valence-electron chi connectivity index (χ3n) is 5.64. The number of nitro groups is 1. The molecule has 0 saturated carbocycles. The third-order valence-corrected chi connectivity index (χ3v) is 7.65. The van der Waals surface area contributed by atoms with Crippen LogP contribution in [0.5, 0.6) is 0 Å². The second-order valence-corrected chi connectivity index (χ2v) is 10.0. The fourth-order valence-corrected chi connectivity index (χ4v) is 5.73. The Morgan fingerprint density at radius 1 is 1.18 bits per heavy atom. The Morgan fingerprint density at radius 3 is 2.53 bits per heavy atom. The minimum Gasteiger partial charge on any atom is -0.325 e. The summed E-state index contributed by atoms with van der Waals surface area (Å²) in [7, 11) is -3.95. The zero-order chi connectivity index (χ0) is 25.1. The summed E-state index contributed by atoms with van der Waals surface area (Å²) in [4.78, 5) is 23.8. The number of halogens is 3. The largest absolute Gasteiger partial charge is 0.406 e. The molecule has 2 aromatic rings. The van der Waals surface area contributed by atoms with E-state index in [9.17, 15) is 36.5 Å². The molecular weight excluding hydrogens is 475 g/mol. The van der Waals surface area contributed by atoms with Crippen molar-refractivity contribution in [3.63, 3.8) is 0 Å². The van der Waals surface area contributed by atoms with Crippen LogP contribution in [0.3, 0.4) is 0 Å². The highest BCUT2D eigenvalue weighted by atomic mass is 32.2. The highest BCUT2D eigenvalue weighted by Crippen LogP contribution is 2.27. The topological polar surface area (TPSA) is 101 Å². The molecule has 0 aromatic heterocycles. The van der Waals surface area contributed by atoms with Crippen molar-refractivity contribution in [1.82, 2.24) is 9.21 Å². The number of nitro benzene ring substituents is 1. The van der Waals surface area contributed by atoms with Crippen molar-refractivity contribution in [2.75, 3.05) is 13.1 Å². The molecule has 2 aromatic carbocycles. The van der Waals surface area contributed by atoms with E-state index in [1.165, 1.54) is 40.7 Å². The molecule has 12 heteroatoms. The number of nitrogens with zero attached hydrogens (tertiary/aromatic N) is 3. The molecule has 3 rings (SSSR count). The third kappa shape index (κ3) is 5.92. The highest BCUT2D eigenvalue weighted by Gasteiger charge is 2.35. The monoisotopic (exact) mass is 499 g/mol. The average molecular weight is 500 g/mol. The number of rotatable bonds is 7. The highest BCUT2D eigenvalue weighted by molar-refractivity contribution is 7.89. The number of benzene rings is 2. The van der Waals surface area contributed by atoms with Crippen LogP contribution in [0.25, 0.3) is 0 Å². The first-order valence-corrected chi connectivity index (χ1v) is 12.0. The Kier molecular flexibility index (Phi) is 7.61. The lowest BCUT2D eigenvalue weighted by Gasteiger charge is -2.32. The van der Waals surface area contributed by atoms with Gasteiger partial charge in [0.25, 0.3) is 11.6 Å². The Hall–Kier alpha value is -2.99. The first kappa shape index (κ1) is 25.6. The van der Waals surface area contributed by atoms with E-state index in [2.05, 4.69) is 0 Å². The number of piperidine rings is 1. The van der Waals surface area contributed by atoms with Crippen molar-refractivity contribution in [1.29, 1.82) is 0 Å². The predicted molar refractivity (Wildman–Crippen MR) is 118 cm³/mol. The van der Waals surface area contributed by atoms with E-state index in [1.807, 2.05) is 0 Å². The van der Waals surface area contributed by atoms with Gasteiger partial charge in [0.1, 0.15) is 6.54 Å². The fraction of sp³-hybridized carbons (Fsp3) is 0.409. The van der Waals surface area contributed by atoms with Gasteiger partial charge in [-0.2, -0.15) is 17.5 Å². The van der Waals surface area contributed by atoms with E-state index >= 15 is 0 Å². The molecule has 1 unspecified atom stereocenters. The molecule has 1 aliphatic rings. The van der Waals surface area contributed by atoms with E-state index in [0.717, 1.165) is 18.6 Å². The van der Waals surface area contributed by atoms with E-state index in [4.69, 9.17) is 0 Å². The second kappa shape index (κ2) is 10.1. The normalized spacial score (nSPS) is 17.4. The molecule has 0 N–H and O–H groups in total. The van der Waals surface area contributed by atoms with Gasteiger partial charge in [-0.25, -0.2) is 8.42 Å². The van der Waals surface area contributed by atoms with Crippen LogP contribution in [0.15, 0.2) is 53.4 Å². The quantitative estimate of drug-likeness (QED) is 0.416. The van der Waals surface area contributed by atoms with Crippen LogP contribution in [-0.4, -0.2) is 53.8 Å². The van der Waals surface area contributed by atoms with Crippen LogP contribution >= 0.6 is 0 Å². The summed E-state index contributed by atoms with van der Waals surface area (Å²) in [6.07, 6.45) is -2.50. The maximum absolute atomic E-state index is 13.3. The molecule has 34 heavy (non-hydrogen) atoms. The summed E-state index contributed by atoms with van der Waals surface area (Å²) >= 11 is 0. The van der Waals surface area contributed by atoms with E-state index in [0.29, 0.717) is 24.3 Å². The van der Waals surface area contributed by atoms with Crippen molar-refractivity contribution in [2.45, 2.75) is 49.8 Å². The number of para-hydroxylation sites is 1. The number of hydrogen-bond acceptors (Lipinski definition) is 5. The lowest BCUT2D eigenvalue weighted by atomic mass is 10.1. The van der Waals surface area contributed by atoms with E-state index in [-0.39, 0.29) is 22.1 Å². The average Bonchev–Trinajstić information content (AvgIpc) is 2.77. The molecule has 0 bridgehead atoms. The number of carbonyl (C=O) groups is 1. The number of alkyl halides is 3. The lowest BCUT2D eigenvalue weighted by molar-refractivity contribution is -0.385. The summed E-state index contributed by atoms with van der Waals surface area (Å²) in [5.41, 5.74) is -0.748. The summed E-state index contributed by atoms with van der Waals surface area (Å²) in [6, 6.07) is 9.84. The fourth-order valence-electron chi connectivity index (χ4n) is 3.98. The van der Waals surface area contributed by atoms with Gasteiger partial charge in [0.2, 0.25) is 10.0 Å². The number of amides is 1. The van der Waals surface area contributed by atoms with Gasteiger partial charge in [-0.05, 0) is 38.0 Å². The van der Waals surface area contributed by atoms with Gasteiger partial charge in [0.05, 0.1) is 16.4 Å². The second-order valence-electron chi connectivity index (χ2n) is 8.15. The number of hydrogen-bond donors (Lipinski definition) is 0. The molecule has 0 radical (unpaired) electrons. The Balaban J connectivity index is 1.95. The zero-order valence-electron chi connectivity index (χ0n) is 18.4. The van der Waals surface area contributed by atoms with Gasteiger partial charge in [-0.3, -0.25) is 14.9 Å². The molecule has 184 valence electrons. The summed E-state index contributed by atoms with van der Waals surface area (Å²) in [5.74, 6) is -1.08. The van der Waals surface area contributed by atoms with Crippen LogP contribution < -0.4 is 0 Å². The zero-order valence-corrected chi connectivity index (χ0v) is 19.2. The minimum absolute atomic E-state index is 0.0731. The molecule has 1 saturated heterocycles. The molecule has 1 fully saturated rings. The molecular formula is C22H24F3N3O5S. The molecule has 0 aliphatic carbocycles. The van der Waals surface area contributed by atoms with Crippen molar-refractivity contribution < 1.29 is 31.3 Å².